The van der Waals surface area contributed by atoms with Crippen LogP contribution in [0.3, 0.4) is 0 Å². The first-order valence-corrected chi connectivity index (χ1v) is 10.3. The highest BCUT2D eigenvalue weighted by Gasteiger charge is 2.18. The van der Waals surface area contributed by atoms with Crippen molar-refractivity contribution in [1.82, 2.24) is 5.32 Å². The van der Waals surface area contributed by atoms with Gasteiger partial charge in [-0.3, -0.25) is 9.52 Å². The average Bonchev–Trinajstić information content (AvgIpc) is 2.61. The summed E-state index contributed by atoms with van der Waals surface area (Å²) in [5.41, 5.74) is 3.00. The maximum atomic E-state index is 12.8. The number of anilines is 1. The molecule has 1 amide bonds. The Morgan fingerprint density at radius 1 is 0.962 bits per heavy atom. The van der Waals surface area contributed by atoms with E-state index in [0.29, 0.717) is 11.3 Å². The Labute approximate surface area is 155 Å². The predicted octanol–water partition coefficient (Wildman–Crippen LogP) is 3.75. The lowest BCUT2D eigenvalue weighted by Crippen LogP contribution is -2.30. The van der Waals surface area contributed by atoms with Crippen LogP contribution in [0.1, 0.15) is 49.2 Å². The quantitative estimate of drug-likeness (QED) is 0.775. The number of amides is 1. The SMILES string of the molecule is CCc1cccc(CC)c1NS(=O)(=O)c1ccc(C(=O)NC(C)C)cc1. The van der Waals surface area contributed by atoms with Gasteiger partial charge in [0.15, 0.2) is 0 Å². The zero-order valence-electron chi connectivity index (χ0n) is 15.7. The van der Waals surface area contributed by atoms with Crippen LogP contribution in [0.5, 0.6) is 0 Å². The van der Waals surface area contributed by atoms with Gasteiger partial charge in [0.1, 0.15) is 0 Å². The molecule has 0 spiro atoms. The molecule has 26 heavy (non-hydrogen) atoms. The van der Waals surface area contributed by atoms with E-state index in [2.05, 4.69) is 10.0 Å². The van der Waals surface area contributed by atoms with E-state index in [4.69, 9.17) is 0 Å². The summed E-state index contributed by atoms with van der Waals surface area (Å²) >= 11 is 0. The minimum Gasteiger partial charge on any atom is -0.350 e. The van der Waals surface area contributed by atoms with Gasteiger partial charge in [0.25, 0.3) is 15.9 Å². The van der Waals surface area contributed by atoms with E-state index in [1.54, 1.807) is 0 Å². The third-order valence-electron chi connectivity index (χ3n) is 4.08. The fourth-order valence-corrected chi connectivity index (χ4v) is 3.84. The zero-order chi connectivity index (χ0) is 19.3. The predicted molar refractivity (Wildman–Crippen MR) is 105 cm³/mol. The molecule has 0 radical (unpaired) electrons. The summed E-state index contributed by atoms with van der Waals surface area (Å²) in [6.07, 6.45) is 1.47. The van der Waals surface area contributed by atoms with Crippen molar-refractivity contribution in [3.05, 3.63) is 59.2 Å². The summed E-state index contributed by atoms with van der Waals surface area (Å²) in [6.45, 7) is 7.73. The number of carbonyl (C=O) groups is 1. The van der Waals surface area contributed by atoms with Gasteiger partial charge in [-0.2, -0.15) is 0 Å². The molecule has 5 nitrogen and oxygen atoms in total. The molecule has 0 aliphatic rings. The van der Waals surface area contributed by atoms with Gasteiger partial charge in [0.2, 0.25) is 0 Å². The molecule has 0 saturated heterocycles. The fourth-order valence-electron chi connectivity index (χ4n) is 2.70. The summed E-state index contributed by atoms with van der Waals surface area (Å²) in [5.74, 6) is -0.221. The number of benzene rings is 2. The van der Waals surface area contributed by atoms with Gasteiger partial charge in [-0.05, 0) is 62.1 Å². The van der Waals surface area contributed by atoms with Crippen molar-refractivity contribution in [1.29, 1.82) is 0 Å². The van der Waals surface area contributed by atoms with Crippen molar-refractivity contribution in [2.24, 2.45) is 0 Å². The number of nitrogens with one attached hydrogen (secondary N) is 2. The smallest absolute Gasteiger partial charge is 0.261 e. The Kier molecular flexibility index (Phi) is 6.42. The molecule has 0 aromatic heterocycles. The Bertz CT molecular complexity index is 850. The topological polar surface area (TPSA) is 75.3 Å². The normalized spacial score (nSPS) is 11.4. The van der Waals surface area contributed by atoms with Crippen LogP contribution in [0.15, 0.2) is 47.4 Å². The van der Waals surface area contributed by atoms with Gasteiger partial charge in [-0.15, -0.1) is 0 Å². The second-order valence-corrected chi connectivity index (χ2v) is 8.10. The minimum atomic E-state index is -3.73. The Hall–Kier alpha value is -2.34. The molecule has 140 valence electrons. The maximum Gasteiger partial charge on any atom is 0.261 e. The van der Waals surface area contributed by atoms with Crippen molar-refractivity contribution in [2.45, 2.75) is 51.5 Å². The van der Waals surface area contributed by atoms with Crippen LogP contribution in [0, 0.1) is 0 Å². The molecule has 2 aromatic carbocycles. The number of para-hydroxylation sites is 1. The van der Waals surface area contributed by atoms with Gasteiger partial charge in [0.05, 0.1) is 10.6 Å². The molecule has 0 bridgehead atoms. The Morgan fingerprint density at radius 3 is 1.96 bits per heavy atom. The van der Waals surface area contributed by atoms with E-state index in [1.165, 1.54) is 24.3 Å². The molecule has 0 fully saturated rings. The molecule has 2 aromatic rings. The highest BCUT2D eigenvalue weighted by atomic mass is 32.2. The molecular formula is C20H26N2O3S. The average molecular weight is 375 g/mol. The lowest BCUT2D eigenvalue weighted by atomic mass is 10.0. The first-order chi connectivity index (χ1) is 12.3. The van der Waals surface area contributed by atoms with Crippen molar-refractivity contribution < 1.29 is 13.2 Å². The Morgan fingerprint density at radius 2 is 1.50 bits per heavy atom. The number of sulfonamides is 1. The van der Waals surface area contributed by atoms with E-state index in [1.807, 2.05) is 45.9 Å². The van der Waals surface area contributed by atoms with E-state index in [0.717, 1.165) is 24.0 Å². The summed E-state index contributed by atoms with van der Waals surface area (Å²) in [4.78, 5) is 12.1. The van der Waals surface area contributed by atoms with Crippen LogP contribution in [0.25, 0.3) is 0 Å². The molecular weight excluding hydrogens is 348 g/mol. The fraction of sp³-hybridized carbons (Fsp3) is 0.350. The zero-order valence-corrected chi connectivity index (χ0v) is 16.5. The van der Waals surface area contributed by atoms with Crippen molar-refractivity contribution in [3.8, 4) is 0 Å². The van der Waals surface area contributed by atoms with E-state index in [9.17, 15) is 13.2 Å². The van der Waals surface area contributed by atoms with Gasteiger partial charge in [-0.25, -0.2) is 8.42 Å². The number of hydrogen-bond acceptors (Lipinski definition) is 3. The molecule has 0 heterocycles. The third kappa shape index (κ3) is 4.64. The first kappa shape index (κ1) is 20.0. The molecule has 2 rings (SSSR count). The molecule has 2 N–H and O–H groups in total. The van der Waals surface area contributed by atoms with Crippen LogP contribution >= 0.6 is 0 Å². The number of carbonyl (C=O) groups excluding carboxylic acids is 1. The molecule has 0 saturated carbocycles. The van der Waals surface area contributed by atoms with Crippen LogP contribution in [0.2, 0.25) is 0 Å². The molecule has 0 atom stereocenters. The van der Waals surface area contributed by atoms with Gasteiger partial charge < -0.3 is 5.32 Å². The van der Waals surface area contributed by atoms with E-state index < -0.39 is 10.0 Å². The summed E-state index contributed by atoms with van der Waals surface area (Å²) < 4.78 is 28.3. The lowest BCUT2D eigenvalue weighted by Gasteiger charge is -2.16. The van der Waals surface area contributed by atoms with Crippen LogP contribution < -0.4 is 10.0 Å². The van der Waals surface area contributed by atoms with Crippen molar-refractivity contribution in [3.63, 3.8) is 0 Å². The second kappa shape index (κ2) is 8.36. The van der Waals surface area contributed by atoms with Crippen molar-refractivity contribution >= 4 is 21.6 Å². The summed E-state index contributed by atoms with van der Waals surface area (Å²) in [5, 5.41) is 2.78. The van der Waals surface area contributed by atoms with Gasteiger partial charge in [0, 0.05) is 11.6 Å². The van der Waals surface area contributed by atoms with Crippen LogP contribution in [0.4, 0.5) is 5.69 Å². The van der Waals surface area contributed by atoms with Crippen molar-refractivity contribution in [2.75, 3.05) is 4.72 Å². The highest BCUT2D eigenvalue weighted by molar-refractivity contribution is 7.92. The summed E-state index contributed by atoms with van der Waals surface area (Å²) in [7, 11) is -3.73. The van der Waals surface area contributed by atoms with E-state index >= 15 is 0 Å². The second-order valence-electron chi connectivity index (χ2n) is 6.42. The minimum absolute atomic E-state index is 0.0191. The number of aryl methyl sites for hydroxylation is 2. The highest BCUT2D eigenvalue weighted by Crippen LogP contribution is 2.26. The third-order valence-corrected chi connectivity index (χ3v) is 5.45. The van der Waals surface area contributed by atoms with Crippen LogP contribution in [-0.4, -0.2) is 20.4 Å². The standard InChI is InChI=1S/C20H26N2O3S/c1-5-15-8-7-9-16(6-2)19(15)22-26(24,25)18-12-10-17(11-13-18)20(23)21-14(3)4/h7-14,22H,5-6H2,1-4H3,(H,21,23). The van der Waals surface area contributed by atoms with Gasteiger partial charge >= 0.3 is 0 Å². The molecule has 0 unspecified atom stereocenters. The molecule has 0 aliphatic carbocycles. The lowest BCUT2D eigenvalue weighted by molar-refractivity contribution is 0.0943. The first-order valence-electron chi connectivity index (χ1n) is 8.83. The monoisotopic (exact) mass is 374 g/mol. The molecule has 0 aliphatic heterocycles. The molecule has 6 heteroatoms. The number of hydrogen-bond donors (Lipinski definition) is 2. The Balaban J connectivity index is 2.30. The van der Waals surface area contributed by atoms with E-state index in [-0.39, 0.29) is 16.8 Å². The van der Waals surface area contributed by atoms with Gasteiger partial charge in [-0.1, -0.05) is 32.0 Å². The largest absolute Gasteiger partial charge is 0.350 e. The van der Waals surface area contributed by atoms with Crippen LogP contribution in [-0.2, 0) is 22.9 Å². The maximum absolute atomic E-state index is 12.8. The number of rotatable bonds is 7. The summed E-state index contributed by atoms with van der Waals surface area (Å²) in [6, 6.07) is 11.8.